The maximum atomic E-state index is 12.4. The van der Waals surface area contributed by atoms with Crippen LogP contribution in [0.3, 0.4) is 0 Å². The molecule has 0 N–H and O–H groups in total. The highest BCUT2D eigenvalue weighted by Gasteiger charge is 2.22. The van der Waals surface area contributed by atoms with Gasteiger partial charge in [0.05, 0.1) is 18.4 Å². The zero-order valence-electron chi connectivity index (χ0n) is 11.4. The van der Waals surface area contributed by atoms with Gasteiger partial charge in [-0.2, -0.15) is 0 Å². The van der Waals surface area contributed by atoms with Crippen molar-refractivity contribution in [2.45, 2.75) is 32.6 Å². The molecule has 0 aliphatic heterocycles. The summed E-state index contributed by atoms with van der Waals surface area (Å²) in [5, 5.41) is 0. The van der Waals surface area contributed by atoms with Gasteiger partial charge in [0.15, 0.2) is 0 Å². The molecule has 1 amide bonds. The number of methoxy groups -OCH3 is 1. The normalized spacial score (nSPS) is 13.2. The van der Waals surface area contributed by atoms with Crippen LogP contribution in [0.4, 0.5) is 0 Å². The van der Waals surface area contributed by atoms with Crippen LogP contribution < -0.4 is 0 Å². The molecule has 0 bridgehead atoms. The van der Waals surface area contributed by atoms with E-state index in [1.807, 2.05) is 13.0 Å². The van der Waals surface area contributed by atoms with E-state index >= 15 is 0 Å². The van der Waals surface area contributed by atoms with E-state index in [0.717, 1.165) is 17.7 Å². The van der Waals surface area contributed by atoms with Crippen LogP contribution in [0, 0.1) is 0 Å². The molecule has 4 nitrogen and oxygen atoms in total. The third-order valence-corrected chi connectivity index (χ3v) is 4.66. The van der Waals surface area contributed by atoms with Crippen LogP contribution in [0.25, 0.3) is 0 Å². The largest absolute Gasteiger partial charge is 0.469 e. The molecule has 0 saturated heterocycles. The number of amides is 1. The second kappa shape index (κ2) is 6.19. The SMILES string of the molecule is CCN(CCC(=O)OC)C(=O)c1cc2c(s1)CCC2. The fourth-order valence-electron chi connectivity index (χ4n) is 2.32. The molecule has 1 heterocycles. The molecule has 104 valence electrons. The molecule has 0 atom stereocenters. The Kier molecular flexibility index (Phi) is 4.58. The Hall–Kier alpha value is -1.36. The van der Waals surface area contributed by atoms with Gasteiger partial charge in [-0.1, -0.05) is 0 Å². The number of fused-ring (bicyclic) bond motifs is 1. The Bertz CT molecular complexity index is 460. The molecule has 5 heteroatoms. The van der Waals surface area contributed by atoms with Gasteiger partial charge in [-0.3, -0.25) is 9.59 Å². The molecule has 0 spiro atoms. The number of aryl methyl sites for hydroxylation is 2. The minimum atomic E-state index is -0.278. The van der Waals surface area contributed by atoms with Gasteiger partial charge in [0.25, 0.3) is 5.91 Å². The molecule has 1 aliphatic carbocycles. The molecule has 0 unspecified atom stereocenters. The summed E-state index contributed by atoms with van der Waals surface area (Å²) in [4.78, 5) is 27.4. The minimum Gasteiger partial charge on any atom is -0.469 e. The van der Waals surface area contributed by atoms with Crippen molar-refractivity contribution in [2.75, 3.05) is 20.2 Å². The standard InChI is InChI=1S/C14H19NO3S/c1-3-15(8-7-13(16)18-2)14(17)12-9-10-5-4-6-11(10)19-12/h9H,3-8H2,1-2H3. The van der Waals surface area contributed by atoms with Gasteiger partial charge in [0.1, 0.15) is 0 Å². The van der Waals surface area contributed by atoms with Crippen LogP contribution in [0.15, 0.2) is 6.07 Å². The van der Waals surface area contributed by atoms with E-state index in [4.69, 9.17) is 0 Å². The van der Waals surface area contributed by atoms with E-state index in [1.165, 1.54) is 24.0 Å². The maximum absolute atomic E-state index is 12.4. The maximum Gasteiger partial charge on any atom is 0.307 e. The number of hydrogen-bond acceptors (Lipinski definition) is 4. The lowest BCUT2D eigenvalue weighted by molar-refractivity contribution is -0.140. The molecule has 0 aromatic carbocycles. The van der Waals surface area contributed by atoms with E-state index in [9.17, 15) is 9.59 Å². The molecular weight excluding hydrogens is 262 g/mol. The number of hydrogen-bond donors (Lipinski definition) is 0. The zero-order valence-corrected chi connectivity index (χ0v) is 12.2. The molecule has 2 rings (SSSR count). The summed E-state index contributed by atoms with van der Waals surface area (Å²) in [5.74, 6) is -0.245. The molecule has 0 radical (unpaired) electrons. The zero-order chi connectivity index (χ0) is 13.8. The van der Waals surface area contributed by atoms with E-state index in [1.54, 1.807) is 16.2 Å². The van der Waals surface area contributed by atoms with Crippen molar-refractivity contribution < 1.29 is 14.3 Å². The quantitative estimate of drug-likeness (QED) is 0.778. The molecule has 0 saturated carbocycles. The second-order valence-corrected chi connectivity index (χ2v) is 5.76. The Morgan fingerprint density at radius 3 is 2.84 bits per heavy atom. The Morgan fingerprint density at radius 2 is 2.21 bits per heavy atom. The van der Waals surface area contributed by atoms with Gasteiger partial charge in [0.2, 0.25) is 0 Å². The van der Waals surface area contributed by atoms with E-state index in [2.05, 4.69) is 4.74 Å². The van der Waals surface area contributed by atoms with Crippen molar-refractivity contribution in [1.29, 1.82) is 0 Å². The average Bonchev–Trinajstić information content (AvgIpc) is 2.99. The molecule has 1 aromatic rings. The topological polar surface area (TPSA) is 46.6 Å². The molecular formula is C14H19NO3S. The van der Waals surface area contributed by atoms with Crippen molar-refractivity contribution in [3.05, 3.63) is 21.4 Å². The summed E-state index contributed by atoms with van der Waals surface area (Å²) in [6.45, 7) is 2.96. The fraction of sp³-hybridized carbons (Fsp3) is 0.571. The number of nitrogens with zero attached hydrogens (tertiary/aromatic N) is 1. The van der Waals surface area contributed by atoms with Crippen molar-refractivity contribution in [1.82, 2.24) is 4.90 Å². The lowest BCUT2D eigenvalue weighted by Gasteiger charge is -2.19. The first-order valence-corrected chi connectivity index (χ1v) is 7.45. The van der Waals surface area contributed by atoms with Gasteiger partial charge in [-0.15, -0.1) is 11.3 Å². The summed E-state index contributed by atoms with van der Waals surface area (Å²) in [7, 11) is 1.37. The van der Waals surface area contributed by atoms with Crippen molar-refractivity contribution in [3.8, 4) is 0 Å². The predicted octanol–water partition coefficient (Wildman–Crippen LogP) is 2.26. The summed E-state index contributed by atoms with van der Waals surface area (Å²) in [6, 6.07) is 2.02. The Labute approximate surface area is 117 Å². The van der Waals surface area contributed by atoms with E-state index in [0.29, 0.717) is 13.1 Å². The number of carbonyl (C=O) groups is 2. The molecule has 19 heavy (non-hydrogen) atoms. The lowest BCUT2D eigenvalue weighted by Crippen LogP contribution is -2.32. The number of carbonyl (C=O) groups excluding carboxylic acids is 2. The van der Waals surface area contributed by atoms with Crippen LogP contribution in [-0.2, 0) is 22.4 Å². The van der Waals surface area contributed by atoms with E-state index < -0.39 is 0 Å². The number of rotatable bonds is 5. The van der Waals surface area contributed by atoms with Gasteiger partial charge in [-0.05, 0) is 37.8 Å². The number of thiophene rings is 1. The van der Waals surface area contributed by atoms with Gasteiger partial charge >= 0.3 is 5.97 Å². The van der Waals surface area contributed by atoms with Crippen LogP contribution in [0.5, 0.6) is 0 Å². The second-order valence-electron chi connectivity index (χ2n) is 4.62. The van der Waals surface area contributed by atoms with Crippen LogP contribution in [0.1, 0.15) is 39.9 Å². The smallest absolute Gasteiger partial charge is 0.307 e. The van der Waals surface area contributed by atoms with E-state index in [-0.39, 0.29) is 18.3 Å². The highest BCUT2D eigenvalue weighted by molar-refractivity contribution is 7.14. The van der Waals surface area contributed by atoms with Gasteiger partial charge < -0.3 is 9.64 Å². The summed E-state index contributed by atoms with van der Waals surface area (Å²) < 4.78 is 4.61. The van der Waals surface area contributed by atoms with Crippen molar-refractivity contribution in [2.24, 2.45) is 0 Å². The van der Waals surface area contributed by atoms with Crippen LogP contribution >= 0.6 is 11.3 Å². The third kappa shape index (κ3) is 3.15. The average molecular weight is 281 g/mol. The molecule has 1 aromatic heterocycles. The number of ether oxygens (including phenoxy) is 1. The minimum absolute atomic E-state index is 0.0332. The van der Waals surface area contributed by atoms with Gasteiger partial charge in [-0.25, -0.2) is 0 Å². The Morgan fingerprint density at radius 1 is 1.42 bits per heavy atom. The van der Waals surface area contributed by atoms with Crippen molar-refractivity contribution in [3.63, 3.8) is 0 Å². The monoisotopic (exact) mass is 281 g/mol. The van der Waals surface area contributed by atoms with Crippen LogP contribution in [0.2, 0.25) is 0 Å². The first-order valence-electron chi connectivity index (χ1n) is 6.63. The first-order chi connectivity index (χ1) is 9.15. The molecule has 1 aliphatic rings. The Balaban J connectivity index is 2.01. The summed E-state index contributed by atoms with van der Waals surface area (Å²) in [6.07, 6.45) is 3.64. The highest BCUT2D eigenvalue weighted by atomic mass is 32.1. The van der Waals surface area contributed by atoms with Gasteiger partial charge in [0, 0.05) is 18.0 Å². The predicted molar refractivity (Wildman–Crippen MR) is 74.6 cm³/mol. The number of esters is 1. The highest BCUT2D eigenvalue weighted by Crippen LogP contribution is 2.31. The fourth-order valence-corrected chi connectivity index (χ4v) is 3.54. The summed E-state index contributed by atoms with van der Waals surface area (Å²) in [5.41, 5.74) is 1.33. The van der Waals surface area contributed by atoms with Crippen molar-refractivity contribution >= 4 is 23.2 Å². The summed E-state index contributed by atoms with van der Waals surface area (Å²) >= 11 is 1.61. The van der Waals surface area contributed by atoms with Crippen LogP contribution in [-0.4, -0.2) is 37.0 Å². The lowest BCUT2D eigenvalue weighted by atomic mass is 10.2. The first kappa shape index (κ1) is 14.1. The molecule has 0 fully saturated rings. The third-order valence-electron chi connectivity index (χ3n) is 3.44.